The molecule has 1 aliphatic rings. The van der Waals surface area contributed by atoms with Crippen LogP contribution in [0.1, 0.15) is 19.4 Å². The van der Waals surface area contributed by atoms with E-state index in [0.29, 0.717) is 15.3 Å². The molecule has 3 atom stereocenters. The van der Waals surface area contributed by atoms with Gasteiger partial charge in [0.05, 0.1) is 12.7 Å². The third-order valence-corrected chi connectivity index (χ3v) is 4.05. The Balaban J connectivity index is 2.46. The highest BCUT2D eigenvalue weighted by Crippen LogP contribution is 2.40. The van der Waals surface area contributed by atoms with Gasteiger partial charge in [0, 0.05) is 15.4 Å². The maximum atomic E-state index is 12.0. The molecule has 0 N–H and O–H groups in total. The average Bonchev–Trinajstić information content (AvgIpc) is 2.77. The molecular weight excluding hydrogens is 355 g/mol. The average molecular weight is 372 g/mol. The van der Waals surface area contributed by atoms with Crippen LogP contribution in [0, 0.1) is 5.92 Å². The van der Waals surface area contributed by atoms with E-state index in [9.17, 15) is 4.79 Å². The van der Waals surface area contributed by atoms with Gasteiger partial charge in [-0.15, -0.1) is 0 Å². The number of ether oxygens (including phenoxy) is 2. The summed E-state index contributed by atoms with van der Waals surface area (Å²) in [6.45, 7) is 4.10. The Bertz CT molecular complexity index is 493. The Morgan fingerprint density at radius 1 is 1.37 bits per heavy atom. The fourth-order valence-electron chi connectivity index (χ4n) is 2.37. The van der Waals surface area contributed by atoms with Crippen molar-refractivity contribution in [1.29, 1.82) is 0 Å². The minimum absolute atomic E-state index is 0.00454. The lowest BCUT2D eigenvalue weighted by atomic mass is 9.94. The zero-order chi connectivity index (χ0) is 14.0. The molecule has 0 unspecified atom stereocenters. The normalized spacial score (nSPS) is 24.0. The molecule has 0 aliphatic carbocycles. The Kier molecular flexibility index (Phi) is 4.50. The van der Waals surface area contributed by atoms with Crippen molar-refractivity contribution in [3.05, 3.63) is 41.5 Å². The van der Waals surface area contributed by atoms with Crippen LogP contribution in [0.2, 0.25) is 0 Å². The Hall–Kier alpha value is -1.04. The summed E-state index contributed by atoms with van der Waals surface area (Å²) >= 11 is 2.33. The second kappa shape index (κ2) is 5.94. The van der Waals surface area contributed by atoms with Crippen LogP contribution < -0.4 is 0 Å². The second-order valence-corrected chi connectivity index (χ2v) is 6.61. The van der Waals surface area contributed by atoms with Crippen LogP contribution in [0.15, 0.2) is 35.9 Å². The monoisotopic (exact) mass is 372 g/mol. The number of hydrogen-bond acceptors (Lipinski definition) is 3. The van der Waals surface area contributed by atoms with Crippen molar-refractivity contribution < 1.29 is 14.3 Å². The number of alkyl halides is 1. The van der Waals surface area contributed by atoms with Crippen molar-refractivity contribution in [1.82, 2.24) is 0 Å². The fourth-order valence-corrected chi connectivity index (χ4v) is 3.14. The summed E-state index contributed by atoms with van der Waals surface area (Å²) in [5.74, 6) is 0.397. The summed E-state index contributed by atoms with van der Waals surface area (Å²) in [7, 11) is 1.41. The number of benzene rings is 1. The molecule has 0 amide bonds. The second-order valence-electron chi connectivity index (χ2n) is 4.65. The fraction of sp³-hybridized carbons (Fsp3) is 0.400. The lowest BCUT2D eigenvalue weighted by Gasteiger charge is -2.19. The minimum Gasteiger partial charge on any atom is -0.488 e. The molecule has 0 saturated carbocycles. The molecule has 1 aromatic carbocycles. The van der Waals surface area contributed by atoms with Crippen molar-refractivity contribution >= 4 is 34.3 Å². The molecule has 0 radical (unpaired) electrons. The first-order valence-corrected chi connectivity index (χ1v) is 7.49. The van der Waals surface area contributed by atoms with Crippen molar-refractivity contribution in [2.24, 2.45) is 5.92 Å². The number of carbonyl (C=O) groups excluding carboxylic acids is 1. The summed E-state index contributed by atoms with van der Waals surface area (Å²) < 4.78 is 11.2. The number of halogens is 1. The van der Waals surface area contributed by atoms with Crippen LogP contribution in [-0.4, -0.2) is 23.1 Å². The molecule has 0 saturated heterocycles. The van der Waals surface area contributed by atoms with Gasteiger partial charge in [0.15, 0.2) is 0 Å². The molecule has 0 aromatic heterocycles. The predicted octanol–water partition coefficient (Wildman–Crippen LogP) is 3.43. The van der Waals surface area contributed by atoms with E-state index in [1.807, 2.05) is 37.3 Å². The Labute approximate surface area is 127 Å². The minimum atomic E-state index is -0.300. The number of rotatable bonds is 3. The summed E-state index contributed by atoms with van der Waals surface area (Å²) in [6.07, 6.45) is 0.00454. The van der Waals surface area contributed by atoms with Crippen LogP contribution in [0.3, 0.4) is 0 Å². The number of esters is 1. The van der Waals surface area contributed by atoms with E-state index in [0.717, 1.165) is 5.56 Å². The molecule has 0 bridgehead atoms. The molecule has 0 spiro atoms. The van der Waals surface area contributed by atoms with E-state index in [-0.39, 0.29) is 18.0 Å². The molecule has 19 heavy (non-hydrogen) atoms. The van der Waals surface area contributed by atoms with E-state index >= 15 is 0 Å². The van der Waals surface area contributed by atoms with E-state index in [4.69, 9.17) is 9.47 Å². The van der Waals surface area contributed by atoms with Gasteiger partial charge in [-0.3, -0.25) is 0 Å². The number of hydrogen-bond donors (Lipinski definition) is 0. The van der Waals surface area contributed by atoms with Gasteiger partial charge < -0.3 is 9.47 Å². The van der Waals surface area contributed by atoms with Gasteiger partial charge in [-0.25, -0.2) is 4.79 Å². The molecule has 0 fully saturated rings. The first-order chi connectivity index (χ1) is 9.06. The molecule has 1 heterocycles. The molecule has 4 heteroatoms. The van der Waals surface area contributed by atoms with Gasteiger partial charge in [-0.2, -0.15) is 0 Å². The first kappa shape index (κ1) is 14.4. The predicted molar refractivity (Wildman–Crippen MR) is 82.9 cm³/mol. The number of methoxy groups -OCH3 is 1. The highest BCUT2D eigenvalue weighted by molar-refractivity contribution is 14.1. The van der Waals surface area contributed by atoms with Crippen LogP contribution in [0.5, 0.6) is 0 Å². The SMILES string of the molecule is COC(=O)C1=C(c2ccccc2)O[C@@H]([C@@H](C)I)[C@@H]1C. The van der Waals surface area contributed by atoms with Gasteiger partial charge in [0.2, 0.25) is 0 Å². The molecule has 2 rings (SSSR count). The van der Waals surface area contributed by atoms with E-state index < -0.39 is 0 Å². The van der Waals surface area contributed by atoms with E-state index in [2.05, 4.69) is 29.5 Å². The van der Waals surface area contributed by atoms with Crippen LogP contribution >= 0.6 is 22.6 Å². The molecule has 1 aliphatic heterocycles. The van der Waals surface area contributed by atoms with Gasteiger partial charge >= 0.3 is 5.97 Å². The third-order valence-electron chi connectivity index (χ3n) is 3.34. The summed E-state index contributed by atoms with van der Waals surface area (Å²) in [4.78, 5) is 12.0. The van der Waals surface area contributed by atoms with Gasteiger partial charge in [-0.1, -0.05) is 59.8 Å². The highest BCUT2D eigenvalue weighted by Gasteiger charge is 2.40. The van der Waals surface area contributed by atoms with Crippen molar-refractivity contribution in [2.45, 2.75) is 23.9 Å². The van der Waals surface area contributed by atoms with E-state index in [1.165, 1.54) is 7.11 Å². The van der Waals surface area contributed by atoms with Gasteiger partial charge in [0.25, 0.3) is 0 Å². The van der Waals surface area contributed by atoms with Crippen LogP contribution in [0.25, 0.3) is 5.76 Å². The Morgan fingerprint density at radius 3 is 2.53 bits per heavy atom. The lowest BCUT2D eigenvalue weighted by Crippen LogP contribution is -2.26. The van der Waals surface area contributed by atoms with Gasteiger partial charge in [0.1, 0.15) is 11.9 Å². The van der Waals surface area contributed by atoms with E-state index in [1.54, 1.807) is 0 Å². The Morgan fingerprint density at radius 2 is 2.00 bits per heavy atom. The smallest absolute Gasteiger partial charge is 0.337 e. The topological polar surface area (TPSA) is 35.5 Å². The third kappa shape index (κ3) is 2.78. The molecule has 1 aromatic rings. The van der Waals surface area contributed by atoms with Crippen LogP contribution in [0.4, 0.5) is 0 Å². The lowest BCUT2D eigenvalue weighted by molar-refractivity contribution is -0.136. The zero-order valence-corrected chi connectivity index (χ0v) is 13.4. The van der Waals surface area contributed by atoms with Crippen molar-refractivity contribution in [3.63, 3.8) is 0 Å². The van der Waals surface area contributed by atoms with Crippen molar-refractivity contribution in [2.75, 3.05) is 7.11 Å². The largest absolute Gasteiger partial charge is 0.488 e. The van der Waals surface area contributed by atoms with Crippen molar-refractivity contribution in [3.8, 4) is 0 Å². The zero-order valence-electron chi connectivity index (χ0n) is 11.2. The standard InChI is InChI=1S/C15H17IO3/c1-9-12(15(17)18-3)14(19-13(9)10(2)16)11-7-5-4-6-8-11/h4-10,13H,1-3H3/t9-,10-,13-/m1/s1. The maximum Gasteiger partial charge on any atom is 0.337 e. The molecule has 3 nitrogen and oxygen atoms in total. The van der Waals surface area contributed by atoms with Gasteiger partial charge in [-0.05, 0) is 6.92 Å². The summed E-state index contributed by atoms with van der Waals surface area (Å²) in [6, 6.07) is 9.72. The first-order valence-electron chi connectivity index (χ1n) is 6.25. The quantitative estimate of drug-likeness (QED) is 0.463. The molecule has 102 valence electrons. The maximum absolute atomic E-state index is 12.0. The highest BCUT2D eigenvalue weighted by atomic mass is 127. The summed E-state index contributed by atoms with van der Waals surface area (Å²) in [5, 5.41) is 0. The molecular formula is C15H17IO3. The van der Waals surface area contributed by atoms with Crippen LogP contribution in [-0.2, 0) is 14.3 Å². The number of carbonyl (C=O) groups is 1. The summed E-state index contributed by atoms with van der Waals surface area (Å²) in [5.41, 5.74) is 1.57.